The quantitative estimate of drug-likeness (QED) is 0.864. The zero-order valence-electron chi connectivity index (χ0n) is 8.46. The summed E-state index contributed by atoms with van der Waals surface area (Å²) < 4.78 is 0. The molecule has 0 aliphatic carbocycles. The fraction of sp³-hybridized carbons (Fsp3) is 0.500. The Balaban J connectivity index is 2.53. The number of aromatic nitrogens is 1. The van der Waals surface area contributed by atoms with Gasteiger partial charge >= 0.3 is 0 Å². The Bertz CT molecular complexity index is 302. The van der Waals surface area contributed by atoms with Gasteiger partial charge in [-0.2, -0.15) is 11.8 Å². The van der Waals surface area contributed by atoms with E-state index in [0.29, 0.717) is 16.8 Å². The first-order chi connectivity index (χ1) is 6.59. The first-order valence-corrected chi connectivity index (χ1v) is 6.11. The molecule has 14 heavy (non-hydrogen) atoms. The molecule has 1 aromatic rings. The van der Waals surface area contributed by atoms with Crippen LogP contribution >= 0.6 is 23.4 Å². The zero-order chi connectivity index (χ0) is 10.6. The maximum Gasteiger partial charge on any atom is 0.123 e. The highest BCUT2D eigenvalue weighted by atomic mass is 35.5. The van der Waals surface area contributed by atoms with Gasteiger partial charge in [0.15, 0.2) is 0 Å². The summed E-state index contributed by atoms with van der Waals surface area (Å²) >= 11 is 7.81. The molecule has 78 valence electrons. The lowest BCUT2D eigenvalue weighted by molar-refractivity contribution is 0.750. The van der Waals surface area contributed by atoms with E-state index in [2.05, 4.69) is 18.8 Å². The van der Waals surface area contributed by atoms with Crippen LogP contribution in [-0.2, 0) is 5.75 Å². The van der Waals surface area contributed by atoms with Gasteiger partial charge < -0.3 is 5.73 Å². The third kappa shape index (κ3) is 3.76. The van der Waals surface area contributed by atoms with Crippen LogP contribution in [-0.4, -0.2) is 10.7 Å². The Morgan fingerprint density at radius 1 is 1.50 bits per heavy atom. The van der Waals surface area contributed by atoms with Crippen LogP contribution in [0.5, 0.6) is 0 Å². The van der Waals surface area contributed by atoms with Gasteiger partial charge in [0.05, 0.1) is 10.7 Å². The number of halogens is 1. The van der Waals surface area contributed by atoms with Crippen molar-refractivity contribution in [3.8, 4) is 0 Å². The Morgan fingerprint density at radius 3 is 2.86 bits per heavy atom. The van der Waals surface area contributed by atoms with Gasteiger partial charge in [0.25, 0.3) is 0 Å². The smallest absolute Gasteiger partial charge is 0.123 e. The summed E-state index contributed by atoms with van der Waals surface area (Å²) in [6, 6.07) is 3.52. The summed E-state index contributed by atoms with van der Waals surface area (Å²) in [6.07, 6.45) is 0. The second-order valence-electron chi connectivity index (χ2n) is 3.57. The number of nitrogens with two attached hydrogens (primary N) is 1. The number of rotatable bonds is 4. The van der Waals surface area contributed by atoms with Gasteiger partial charge in [0.1, 0.15) is 5.82 Å². The van der Waals surface area contributed by atoms with E-state index in [1.165, 1.54) is 0 Å². The molecule has 0 fully saturated rings. The Hall–Kier alpha value is -0.410. The predicted molar refractivity (Wildman–Crippen MR) is 64.7 cm³/mol. The van der Waals surface area contributed by atoms with Crippen molar-refractivity contribution in [1.82, 2.24) is 4.98 Å². The zero-order valence-corrected chi connectivity index (χ0v) is 10.0. The molecule has 0 aliphatic heterocycles. The summed E-state index contributed by atoms with van der Waals surface area (Å²) in [6.45, 7) is 4.39. The summed E-state index contributed by atoms with van der Waals surface area (Å²) in [5.41, 5.74) is 6.47. The van der Waals surface area contributed by atoms with E-state index in [4.69, 9.17) is 17.3 Å². The normalized spacial score (nSPS) is 10.9. The molecule has 0 amide bonds. The SMILES string of the molecule is CC(C)CSCc1nc(N)ccc1Cl. The molecule has 0 saturated carbocycles. The third-order valence-electron chi connectivity index (χ3n) is 1.63. The number of thioether (sulfide) groups is 1. The van der Waals surface area contributed by atoms with Crippen molar-refractivity contribution in [3.63, 3.8) is 0 Å². The van der Waals surface area contributed by atoms with E-state index in [1.807, 2.05) is 11.8 Å². The topological polar surface area (TPSA) is 38.9 Å². The first-order valence-electron chi connectivity index (χ1n) is 4.58. The van der Waals surface area contributed by atoms with Crippen LogP contribution in [0.4, 0.5) is 5.82 Å². The largest absolute Gasteiger partial charge is 0.384 e. The number of nitrogen functional groups attached to an aromatic ring is 1. The lowest BCUT2D eigenvalue weighted by Crippen LogP contribution is -1.97. The molecule has 0 atom stereocenters. The van der Waals surface area contributed by atoms with Crippen molar-refractivity contribution in [3.05, 3.63) is 22.8 Å². The molecule has 2 N–H and O–H groups in total. The van der Waals surface area contributed by atoms with Crippen molar-refractivity contribution in [2.24, 2.45) is 5.92 Å². The number of hydrogen-bond donors (Lipinski definition) is 1. The highest BCUT2D eigenvalue weighted by molar-refractivity contribution is 7.98. The van der Waals surface area contributed by atoms with Crippen molar-refractivity contribution < 1.29 is 0 Å². The fourth-order valence-corrected chi connectivity index (χ4v) is 2.25. The monoisotopic (exact) mass is 230 g/mol. The molecular formula is C10H15ClN2S. The molecular weight excluding hydrogens is 216 g/mol. The molecule has 1 rings (SSSR count). The second kappa shape index (κ2) is 5.47. The molecule has 1 aromatic heterocycles. The Morgan fingerprint density at radius 2 is 2.21 bits per heavy atom. The van der Waals surface area contributed by atoms with E-state index in [0.717, 1.165) is 17.2 Å². The molecule has 0 radical (unpaired) electrons. The highest BCUT2D eigenvalue weighted by Crippen LogP contribution is 2.21. The van der Waals surface area contributed by atoms with Crippen LogP contribution in [0.3, 0.4) is 0 Å². The molecule has 0 bridgehead atoms. The predicted octanol–water partition coefficient (Wildman–Crippen LogP) is 3.21. The fourth-order valence-electron chi connectivity index (χ4n) is 0.994. The summed E-state index contributed by atoms with van der Waals surface area (Å²) in [5.74, 6) is 3.18. The minimum atomic E-state index is 0.537. The maximum absolute atomic E-state index is 5.98. The molecule has 1 heterocycles. The second-order valence-corrected chi connectivity index (χ2v) is 5.01. The van der Waals surface area contributed by atoms with Crippen LogP contribution < -0.4 is 5.73 Å². The van der Waals surface area contributed by atoms with Crippen LogP contribution in [0, 0.1) is 5.92 Å². The minimum absolute atomic E-state index is 0.537. The van der Waals surface area contributed by atoms with E-state index < -0.39 is 0 Å². The summed E-state index contributed by atoms with van der Waals surface area (Å²) in [4.78, 5) is 4.19. The molecule has 0 aliphatic rings. The van der Waals surface area contributed by atoms with Crippen LogP contribution in [0.1, 0.15) is 19.5 Å². The number of pyridine rings is 1. The van der Waals surface area contributed by atoms with Crippen molar-refractivity contribution >= 4 is 29.2 Å². The molecule has 0 unspecified atom stereocenters. The molecule has 4 heteroatoms. The lowest BCUT2D eigenvalue weighted by Gasteiger charge is -2.06. The average molecular weight is 231 g/mol. The third-order valence-corrected chi connectivity index (χ3v) is 3.35. The molecule has 0 saturated heterocycles. The van der Waals surface area contributed by atoms with Crippen molar-refractivity contribution in [2.45, 2.75) is 19.6 Å². The molecule has 2 nitrogen and oxygen atoms in total. The summed E-state index contributed by atoms with van der Waals surface area (Å²) in [7, 11) is 0. The van der Waals surface area contributed by atoms with E-state index in [1.54, 1.807) is 12.1 Å². The molecule has 0 spiro atoms. The van der Waals surface area contributed by atoms with Gasteiger partial charge in [0, 0.05) is 5.75 Å². The molecule has 0 aromatic carbocycles. The Kier molecular flexibility index (Phi) is 4.55. The Labute approximate surface area is 94.2 Å². The number of anilines is 1. The summed E-state index contributed by atoms with van der Waals surface area (Å²) in [5, 5.41) is 0.704. The first kappa shape index (κ1) is 11.7. The van der Waals surface area contributed by atoms with Crippen LogP contribution in [0.15, 0.2) is 12.1 Å². The number of hydrogen-bond acceptors (Lipinski definition) is 3. The highest BCUT2D eigenvalue weighted by Gasteiger charge is 2.03. The van der Waals surface area contributed by atoms with Gasteiger partial charge in [-0.3, -0.25) is 0 Å². The van der Waals surface area contributed by atoms with Gasteiger partial charge in [-0.1, -0.05) is 25.4 Å². The van der Waals surface area contributed by atoms with E-state index in [9.17, 15) is 0 Å². The van der Waals surface area contributed by atoms with Gasteiger partial charge in [-0.25, -0.2) is 4.98 Å². The van der Waals surface area contributed by atoms with Gasteiger partial charge in [-0.05, 0) is 23.8 Å². The average Bonchev–Trinajstić information content (AvgIpc) is 2.10. The van der Waals surface area contributed by atoms with Gasteiger partial charge in [0.2, 0.25) is 0 Å². The maximum atomic E-state index is 5.98. The standard InChI is InChI=1S/C10H15ClN2S/c1-7(2)5-14-6-9-8(11)3-4-10(12)13-9/h3-4,7H,5-6H2,1-2H3,(H2,12,13). The number of nitrogens with zero attached hydrogens (tertiary/aromatic N) is 1. The minimum Gasteiger partial charge on any atom is -0.384 e. The van der Waals surface area contributed by atoms with Gasteiger partial charge in [-0.15, -0.1) is 0 Å². The van der Waals surface area contributed by atoms with Crippen molar-refractivity contribution in [1.29, 1.82) is 0 Å². The van der Waals surface area contributed by atoms with Crippen LogP contribution in [0.2, 0.25) is 5.02 Å². The van der Waals surface area contributed by atoms with Crippen molar-refractivity contribution in [2.75, 3.05) is 11.5 Å². The van der Waals surface area contributed by atoms with E-state index >= 15 is 0 Å². The van der Waals surface area contributed by atoms with E-state index in [-0.39, 0.29) is 0 Å². The van der Waals surface area contributed by atoms with Crippen LogP contribution in [0.25, 0.3) is 0 Å². The lowest BCUT2D eigenvalue weighted by atomic mass is 10.3.